The van der Waals surface area contributed by atoms with Crippen molar-refractivity contribution >= 4 is 27.9 Å². The second-order valence-electron chi connectivity index (χ2n) is 5.64. The van der Waals surface area contributed by atoms with Crippen LogP contribution in [0.25, 0.3) is 6.08 Å². The van der Waals surface area contributed by atoms with Gasteiger partial charge in [-0.2, -0.15) is 5.26 Å². The van der Waals surface area contributed by atoms with Crippen LogP contribution in [0, 0.1) is 11.3 Å². The summed E-state index contributed by atoms with van der Waals surface area (Å²) >= 11 is 3.30. The Bertz CT molecular complexity index is 823. The van der Waals surface area contributed by atoms with E-state index in [0.29, 0.717) is 6.54 Å². The maximum Gasteiger partial charge on any atom is 0.261 e. The first-order valence-corrected chi connectivity index (χ1v) is 9.21. The number of pyridine rings is 1. The predicted octanol–water partition coefficient (Wildman–Crippen LogP) is 4.45. The highest BCUT2D eigenvalue weighted by Crippen LogP contribution is 2.08. The second kappa shape index (κ2) is 11.0. The van der Waals surface area contributed by atoms with Gasteiger partial charge in [0, 0.05) is 6.54 Å². The van der Waals surface area contributed by atoms with E-state index in [-0.39, 0.29) is 11.5 Å². The molecule has 1 amide bonds. The van der Waals surface area contributed by atoms with Crippen molar-refractivity contribution in [2.24, 2.45) is 0 Å². The quantitative estimate of drug-likeness (QED) is 0.230. The van der Waals surface area contributed by atoms with Crippen LogP contribution in [0.3, 0.4) is 0 Å². The standard InChI is InChI=1S/C21H20BrN3O/c22-20-14-7-13-19(25-20)12-6-11-18(16-23)21(26)24-15-5-4-10-17-8-2-1-3-9-17/h1-3,6-9,11-14H,4-5,10,15H2,(H,24,26). The average Bonchev–Trinajstić information content (AvgIpc) is 2.66. The number of unbranched alkanes of at least 4 members (excludes halogenated alkanes) is 1. The van der Waals surface area contributed by atoms with Gasteiger partial charge in [-0.25, -0.2) is 4.98 Å². The zero-order chi connectivity index (χ0) is 18.6. The summed E-state index contributed by atoms with van der Waals surface area (Å²) in [5.41, 5.74) is 2.12. The number of nitrogens with one attached hydrogen (secondary N) is 1. The van der Waals surface area contributed by atoms with Gasteiger partial charge in [0.25, 0.3) is 5.91 Å². The van der Waals surface area contributed by atoms with Crippen molar-refractivity contribution in [2.75, 3.05) is 6.54 Å². The Morgan fingerprint density at radius 3 is 2.69 bits per heavy atom. The van der Waals surface area contributed by atoms with Gasteiger partial charge in [0.05, 0.1) is 5.69 Å². The number of carbonyl (C=O) groups is 1. The first-order chi connectivity index (χ1) is 12.7. The van der Waals surface area contributed by atoms with E-state index >= 15 is 0 Å². The van der Waals surface area contributed by atoms with Crippen LogP contribution in [-0.2, 0) is 11.2 Å². The zero-order valence-corrected chi connectivity index (χ0v) is 15.9. The second-order valence-corrected chi connectivity index (χ2v) is 6.45. The van der Waals surface area contributed by atoms with Crippen molar-refractivity contribution in [3.05, 3.63) is 82.1 Å². The molecule has 0 saturated carbocycles. The summed E-state index contributed by atoms with van der Waals surface area (Å²) in [7, 11) is 0. The number of rotatable bonds is 8. The van der Waals surface area contributed by atoms with Crippen molar-refractivity contribution in [1.82, 2.24) is 10.3 Å². The number of nitrogens with zero attached hydrogens (tertiary/aromatic N) is 2. The third-order valence-corrected chi connectivity index (χ3v) is 4.09. The smallest absolute Gasteiger partial charge is 0.261 e. The van der Waals surface area contributed by atoms with Crippen molar-refractivity contribution in [3.63, 3.8) is 0 Å². The van der Waals surface area contributed by atoms with Crippen LogP contribution in [0.5, 0.6) is 0 Å². The van der Waals surface area contributed by atoms with Crippen LogP contribution in [0.1, 0.15) is 24.1 Å². The van der Waals surface area contributed by atoms with Gasteiger partial charge >= 0.3 is 0 Å². The Balaban J connectivity index is 1.76. The molecule has 0 unspecified atom stereocenters. The van der Waals surface area contributed by atoms with E-state index in [9.17, 15) is 4.79 Å². The Labute approximate surface area is 162 Å². The monoisotopic (exact) mass is 409 g/mol. The molecule has 0 aliphatic heterocycles. The number of aryl methyl sites for hydroxylation is 1. The lowest BCUT2D eigenvalue weighted by molar-refractivity contribution is -0.117. The SMILES string of the molecule is N#CC(=CC=Cc1cccc(Br)n1)C(=O)NCCCCc1ccccc1. The normalized spacial score (nSPS) is 11.3. The van der Waals surface area contributed by atoms with Crippen molar-refractivity contribution in [1.29, 1.82) is 5.26 Å². The summed E-state index contributed by atoms with van der Waals surface area (Å²) in [6.07, 6.45) is 7.75. The molecule has 0 atom stereocenters. The van der Waals surface area contributed by atoms with Crippen molar-refractivity contribution < 1.29 is 4.79 Å². The minimum Gasteiger partial charge on any atom is -0.351 e. The van der Waals surface area contributed by atoms with Gasteiger partial charge < -0.3 is 5.32 Å². The van der Waals surface area contributed by atoms with Gasteiger partial charge in [-0.15, -0.1) is 0 Å². The number of allylic oxidation sites excluding steroid dienone is 2. The molecular weight excluding hydrogens is 390 g/mol. The maximum absolute atomic E-state index is 12.0. The summed E-state index contributed by atoms with van der Waals surface area (Å²) in [5, 5.41) is 11.9. The molecule has 0 radical (unpaired) electrons. The average molecular weight is 410 g/mol. The fraction of sp³-hybridized carbons (Fsp3) is 0.190. The Morgan fingerprint density at radius 1 is 1.15 bits per heavy atom. The number of nitriles is 1. The molecule has 1 heterocycles. The number of benzene rings is 1. The molecular formula is C21H20BrN3O. The largest absolute Gasteiger partial charge is 0.351 e. The van der Waals surface area contributed by atoms with Gasteiger partial charge in [0.15, 0.2) is 0 Å². The Hall–Kier alpha value is -2.71. The van der Waals surface area contributed by atoms with Gasteiger partial charge in [-0.05, 0) is 65.0 Å². The molecule has 0 spiro atoms. The number of aromatic nitrogens is 1. The minimum atomic E-state index is -0.348. The number of hydrogen-bond acceptors (Lipinski definition) is 3. The highest BCUT2D eigenvalue weighted by Gasteiger charge is 2.06. The summed E-state index contributed by atoms with van der Waals surface area (Å²) in [6.45, 7) is 0.557. The number of hydrogen-bond donors (Lipinski definition) is 1. The minimum absolute atomic E-state index is 0.0827. The molecule has 1 aromatic heterocycles. The molecule has 0 fully saturated rings. The van der Waals surface area contributed by atoms with Gasteiger partial charge in [-0.1, -0.05) is 42.5 Å². The molecule has 4 nitrogen and oxygen atoms in total. The fourth-order valence-corrected chi connectivity index (χ4v) is 2.68. The highest BCUT2D eigenvalue weighted by atomic mass is 79.9. The van der Waals surface area contributed by atoms with E-state index in [4.69, 9.17) is 5.26 Å². The molecule has 1 N–H and O–H groups in total. The van der Waals surface area contributed by atoms with E-state index in [1.54, 1.807) is 12.2 Å². The first kappa shape index (κ1) is 19.6. The molecule has 1 aromatic carbocycles. The Kier molecular flexibility index (Phi) is 8.31. The van der Waals surface area contributed by atoms with E-state index in [1.807, 2.05) is 42.5 Å². The van der Waals surface area contributed by atoms with Gasteiger partial charge in [0.2, 0.25) is 0 Å². The molecule has 2 rings (SSSR count). The maximum atomic E-state index is 12.0. The molecule has 0 aliphatic carbocycles. The molecule has 132 valence electrons. The summed E-state index contributed by atoms with van der Waals surface area (Å²) < 4.78 is 0.734. The molecule has 0 saturated heterocycles. The summed E-state index contributed by atoms with van der Waals surface area (Å²) in [6, 6.07) is 17.7. The number of carbonyl (C=O) groups excluding carboxylic acids is 1. The van der Waals surface area contributed by atoms with E-state index in [0.717, 1.165) is 29.6 Å². The highest BCUT2D eigenvalue weighted by molar-refractivity contribution is 9.10. The van der Waals surface area contributed by atoms with Crippen LogP contribution in [0.4, 0.5) is 0 Å². The van der Waals surface area contributed by atoms with Gasteiger partial charge in [-0.3, -0.25) is 4.79 Å². The zero-order valence-electron chi connectivity index (χ0n) is 14.4. The van der Waals surface area contributed by atoms with Crippen LogP contribution >= 0.6 is 15.9 Å². The summed E-state index contributed by atoms with van der Waals surface area (Å²) in [5.74, 6) is -0.348. The van der Waals surface area contributed by atoms with Crippen LogP contribution in [-0.4, -0.2) is 17.4 Å². The lowest BCUT2D eigenvalue weighted by Crippen LogP contribution is -2.25. The molecule has 5 heteroatoms. The van der Waals surface area contributed by atoms with Crippen molar-refractivity contribution in [2.45, 2.75) is 19.3 Å². The van der Waals surface area contributed by atoms with E-state index in [1.165, 1.54) is 11.6 Å². The third-order valence-electron chi connectivity index (χ3n) is 3.65. The molecule has 26 heavy (non-hydrogen) atoms. The van der Waals surface area contributed by atoms with Gasteiger partial charge in [0.1, 0.15) is 16.2 Å². The molecule has 0 bridgehead atoms. The molecule has 0 aliphatic rings. The Morgan fingerprint density at radius 2 is 1.96 bits per heavy atom. The van der Waals surface area contributed by atoms with E-state index in [2.05, 4.69) is 38.4 Å². The van der Waals surface area contributed by atoms with Crippen LogP contribution < -0.4 is 5.32 Å². The fourth-order valence-electron chi connectivity index (χ4n) is 2.32. The summed E-state index contributed by atoms with van der Waals surface area (Å²) in [4.78, 5) is 16.3. The predicted molar refractivity (Wildman–Crippen MR) is 107 cm³/mol. The van der Waals surface area contributed by atoms with Crippen LogP contribution in [0.15, 0.2) is 70.9 Å². The number of amides is 1. The van der Waals surface area contributed by atoms with Crippen LogP contribution in [0.2, 0.25) is 0 Å². The lowest BCUT2D eigenvalue weighted by Gasteiger charge is -2.04. The molecule has 2 aromatic rings. The first-order valence-electron chi connectivity index (χ1n) is 8.42. The van der Waals surface area contributed by atoms with Crippen molar-refractivity contribution in [3.8, 4) is 6.07 Å². The third kappa shape index (κ3) is 7.04. The number of halogens is 1. The lowest BCUT2D eigenvalue weighted by atomic mass is 10.1. The van der Waals surface area contributed by atoms with E-state index < -0.39 is 0 Å². The topological polar surface area (TPSA) is 65.8 Å².